The summed E-state index contributed by atoms with van der Waals surface area (Å²) in [7, 11) is -3.03. The summed E-state index contributed by atoms with van der Waals surface area (Å²) in [5.74, 6) is 0.0498. The number of hydrogen-bond acceptors (Lipinski definition) is 3. The molecular weight excluding hydrogens is 142 g/mol. The van der Waals surface area contributed by atoms with Gasteiger partial charge in [0.25, 0.3) is 0 Å². The molecule has 0 saturated carbocycles. The van der Waals surface area contributed by atoms with Crippen molar-refractivity contribution in [1.82, 2.24) is 4.72 Å². The number of sulfonamides is 1. The van der Waals surface area contributed by atoms with E-state index in [-0.39, 0.29) is 12.3 Å². The van der Waals surface area contributed by atoms with Gasteiger partial charge < -0.3 is 5.11 Å². The Morgan fingerprint density at radius 3 is 2.56 bits per heavy atom. The minimum atomic E-state index is -3.03. The molecule has 1 heterocycles. The van der Waals surface area contributed by atoms with Crippen LogP contribution in [0.5, 0.6) is 0 Å². The third-order valence-corrected chi connectivity index (χ3v) is 2.64. The predicted molar refractivity (Wildman–Crippen MR) is 32.4 cm³/mol. The topological polar surface area (TPSA) is 66.4 Å². The fraction of sp³-hybridized carbons (Fsp3) is 1.00. The molecule has 1 fully saturated rings. The molecule has 1 aliphatic heterocycles. The molecule has 0 aromatic carbocycles. The molecule has 1 saturated heterocycles. The standard InChI is InChI=1S/C4H9NO3S/c6-4-1-2-9(7,8)5-3-4/h4-6H,1-3H2. The quantitative estimate of drug-likeness (QED) is 0.451. The van der Waals surface area contributed by atoms with Crippen molar-refractivity contribution in [2.24, 2.45) is 0 Å². The van der Waals surface area contributed by atoms with Gasteiger partial charge >= 0.3 is 0 Å². The maximum atomic E-state index is 10.6. The molecular formula is C4H9NO3S. The molecule has 1 unspecified atom stereocenters. The zero-order chi connectivity index (χ0) is 6.91. The van der Waals surface area contributed by atoms with E-state index in [9.17, 15) is 8.42 Å². The van der Waals surface area contributed by atoms with Crippen molar-refractivity contribution < 1.29 is 13.5 Å². The first-order chi connectivity index (χ1) is 4.10. The second-order valence-corrected chi connectivity index (χ2v) is 4.04. The molecule has 4 nitrogen and oxygen atoms in total. The molecule has 0 spiro atoms. The van der Waals surface area contributed by atoms with E-state index < -0.39 is 16.1 Å². The summed E-state index contributed by atoms with van der Waals surface area (Å²) >= 11 is 0. The minimum Gasteiger partial charge on any atom is -0.392 e. The molecule has 1 aliphatic rings. The average Bonchev–Trinajstić information content (AvgIpc) is 1.78. The number of aliphatic hydroxyl groups is 1. The van der Waals surface area contributed by atoms with E-state index in [2.05, 4.69) is 4.72 Å². The molecule has 0 bridgehead atoms. The Hall–Kier alpha value is -0.130. The Bertz CT molecular complexity index is 172. The SMILES string of the molecule is O=S1(=O)CCC(O)CN1. The van der Waals surface area contributed by atoms with Gasteiger partial charge in [0.15, 0.2) is 0 Å². The molecule has 0 aromatic rings. The van der Waals surface area contributed by atoms with Crippen LogP contribution in [0, 0.1) is 0 Å². The van der Waals surface area contributed by atoms with Crippen LogP contribution in [0.3, 0.4) is 0 Å². The fourth-order valence-electron chi connectivity index (χ4n) is 0.689. The van der Waals surface area contributed by atoms with E-state index in [4.69, 9.17) is 5.11 Å². The molecule has 0 radical (unpaired) electrons. The minimum absolute atomic E-state index is 0.0498. The van der Waals surface area contributed by atoms with Crippen molar-refractivity contribution in [1.29, 1.82) is 0 Å². The fourth-order valence-corrected chi connectivity index (χ4v) is 1.86. The maximum Gasteiger partial charge on any atom is 0.211 e. The van der Waals surface area contributed by atoms with Gasteiger partial charge in [-0.05, 0) is 6.42 Å². The number of aliphatic hydroxyl groups excluding tert-OH is 1. The lowest BCUT2D eigenvalue weighted by Gasteiger charge is -2.17. The zero-order valence-corrected chi connectivity index (χ0v) is 5.69. The summed E-state index contributed by atoms with van der Waals surface area (Å²) < 4.78 is 23.4. The molecule has 5 heteroatoms. The number of β-amino-alcohol motifs (C(OH)–C–C–N with tert-alkyl or cyclic N) is 1. The summed E-state index contributed by atoms with van der Waals surface area (Å²) in [4.78, 5) is 0. The molecule has 0 amide bonds. The number of hydrogen-bond donors (Lipinski definition) is 2. The second kappa shape index (κ2) is 2.24. The van der Waals surface area contributed by atoms with Gasteiger partial charge in [-0.25, -0.2) is 13.1 Å². The molecule has 1 rings (SSSR count). The van der Waals surface area contributed by atoms with E-state index in [1.807, 2.05) is 0 Å². The van der Waals surface area contributed by atoms with Crippen molar-refractivity contribution in [3.8, 4) is 0 Å². The predicted octanol–water partition coefficient (Wildman–Crippen LogP) is -1.33. The van der Waals surface area contributed by atoms with Gasteiger partial charge in [0.2, 0.25) is 10.0 Å². The number of rotatable bonds is 0. The molecule has 2 N–H and O–H groups in total. The molecule has 1 atom stereocenters. The van der Waals surface area contributed by atoms with Gasteiger partial charge in [0.1, 0.15) is 0 Å². The lowest BCUT2D eigenvalue weighted by Crippen LogP contribution is -2.40. The molecule has 54 valence electrons. The first-order valence-electron chi connectivity index (χ1n) is 2.75. The van der Waals surface area contributed by atoms with E-state index in [1.165, 1.54) is 0 Å². The van der Waals surface area contributed by atoms with E-state index >= 15 is 0 Å². The van der Waals surface area contributed by atoms with Gasteiger partial charge in [0.05, 0.1) is 11.9 Å². The number of nitrogens with one attached hydrogen (secondary N) is 1. The smallest absolute Gasteiger partial charge is 0.211 e. The summed E-state index contributed by atoms with van der Waals surface area (Å²) in [5.41, 5.74) is 0. The van der Waals surface area contributed by atoms with Gasteiger partial charge in [0, 0.05) is 6.54 Å². The van der Waals surface area contributed by atoms with Crippen LogP contribution in [0.15, 0.2) is 0 Å². The van der Waals surface area contributed by atoms with Crippen LogP contribution in [0.2, 0.25) is 0 Å². The maximum absolute atomic E-state index is 10.6. The highest BCUT2D eigenvalue weighted by Crippen LogP contribution is 2.01. The van der Waals surface area contributed by atoms with E-state index in [0.29, 0.717) is 6.42 Å². The zero-order valence-electron chi connectivity index (χ0n) is 4.87. The van der Waals surface area contributed by atoms with Crippen LogP contribution in [0.1, 0.15) is 6.42 Å². The van der Waals surface area contributed by atoms with Crippen molar-refractivity contribution in [2.45, 2.75) is 12.5 Å². The molecule has 0 aliphatic carbocycles. The van der Waals surface area contributed by atoms with Gasteiger partial charge in [-0.2, -0.15) is 0 Å². The second-order valence-electron chi connectivity index (χ2n) is 2.11. The first-order valence-corrected chi connectivity index (χ1v) is 4.41. The first kappa shape index (κ1) is 6.98. The van der Waals surface area contributed by atoms with E-state index in [0.717, 1.165) is 0 Å². The van der Waals surface area contributed by atoms with Crippen LogP contribution in [0.4, 0.5) is 0 Å². The van der Waals surface area contributed by atoms with Crippen LogP contribution in [0.25, 0.3) is 0 Å². The van der Waals surface area contributed by atoms with Crippen molar-refractivity contribution in [3.63, 3.8) is 0 Å². The summed E-state index contributed by atoms with van der Waals surface area (Å²) in [6, 6.07) is 0. The summed E-state index contributed by atoms with van der Waals surface area (Å²) in [6.07, 6.45) is -0.136. The summed E-state index contributed by atoms with van der Waals surface area (Å²) in [6.45, 7) is 0.169. The van der Waals surface area contributed by atoms with Crippen LogP contribution >= 0.6 is 0 Å². The highest BCUT2D eigenvalue weighted by molar-refractivity contribution is 7.89. The monoisotopic (exact) mass is 151 g/mol. The van der Waals surface area contributed by atoms with Gasteiger partial charge in [-0.3, -0.25) is 0 Å². The van der Waals surface area contributed by atoms with Gasteiger partial charge in [-0.1, -0.05) is 0 Å². The third kappa shape index (κ3) is 1.92. The molecule has 0 aromatic heterocycles. The Morgan fingerprint density at radius 2 is 2.22 bits per heavy atom. The van der Waals surface area contributed by atoms with Crippen LogP contribution in [-0.2, 0) is 10.0 Å². The van der Waals surface area contributed by atoms with Crippen LogP contribution < -0.4 is 4.72 Å². The Balaban J connectivity index is 2.55. The van der Waals surface area contributed by atoms with Crippen molar-refractivity contribution in [3.05, 3.63) is 0 Å². The van der Waals surface area contributed by atoms with Gasteiger partial charge in [-0.15, -0.1) is 0 Å². The third-order valence-electron chi connectivity index (χ3n) is 1.26. The Labute approximate surface area is 53.9 Å². The Kier molecular flexibility index (Phi) is 1.74. The Morgan fingerprint density at radius 1 is 1.56 bits per heavy atom. The highest BCUT2D eigenvalue weighted by atomic mass is 32.2. The van der Waals surface area contributed by atoms with Crippen molar-refractivity contribution >= 4 is 10.0 Å². The molecule has 9 heavy (non-hydrogen) atoms. The van der Waals surface area contributed by atoms with E-state index in [1.54, 1.807) is 0 Å². The largest absolute Gasteiger partial charge is 0.392 e. The van der Waals surface area contributed by atoms with Crippen LogP contribution in [-0.4, -0.2) is 31.9 Å². The average molecular weight is 151 g/mol. The lowest BCUT2D eigenvalue weighted by atomic mass is 10.3. The normalized spacial score (nSPS) is 34.1. The summed E-state index contributed by atoms with van der Waals surface area (Å²) in [5, 5.41) is 8.81. The highest BCUT2D eigenvalue weighted by Gasteiger charge is 2.20. The van der Waals surface area contributed by atoms with Crippen molar-refractivity contribution in [2.75, 3.05) is 12.3 Å². The lowest BCUT2D eigenvalue weighted by molar-refractivity contribution is 0.169.